The highest BCUT2D eigenvalue weighted by molar-refractivity contribution is 7.86. The van der Waals surface area contributed by atoms with Crippen molar-refractivity contribution in [3.8, 4) is 33.8 Å². The van der Waals surface area contributed by atoms with Crippen LogP contribution in [0.3, 0.4) is 0 Å². The molecule has 3 atom stereocenters. The molecular formula is C39H43N2O8S2+. The molecule has 51 heavy (non-hydrogen) atoms. The number of nitrogens with one attached hydrogen (secondary N) is 1. The van der Waals surface area contributed by atoms with Crippen LogP contribution in [0, 0.1) is 0 Å². The van der Waals surface area contributed by atoms with Gasteiger partial charge in [0.05, 0.1) is 29.3 Å². The number of hydrogen-bond donors (Lipinski definition) is 3. The Labute approximate surface area is 300 Å². The fourth-order valence-corrected chi connectivity index (χ4v) is 7.34. The predicted molar refractivity (Wildman–Crippen MR) is 202 cm³/mol. The topological polar surface area (TPSA) is 139 Å². The number of benzene rings is 4. The van der Waals surface area contributed by atoms with E-state index in [-0.39, 0.29) is 30.4 Å². The van der Waals surface area contributed by atoms with E-state index < -0.39 is 37.0 Å². The second-order valence-electron chi connectivity index (χ2n) is 13.2. The van der Waals surface area contributed by atoms with Crippen LogP contribution in [0.15, 0.2) is 121 Å². The molecule has 0 amide bonds. The number of quaternary nitrogens is 1. The number of hydrogen-bond acceptors (Lipinski definition) is 7. The maximum Gasteiger partial charge on any atom is 0.267 e. The summed E-state index contributed by atoms with van der Waals surface area (Å²) in [7, 11) is -8.70. The molecule has 0 aliphatic carbocycles. The Morgan fingerprint density at radius 2 is 1.29 bits per heavy atom. The summed E-state index contributed by atoms with van der Waals surface area (Å²) in [6.45, 7) is 5.29. The first-order chi connectivity index (χ1) is 24.3. The van der Waals surface area contributed by atoms with Crippen LogP contribution in [0.5, 0.6) is 11.5 Å². The molecule has 0 saturated carbocycles. The molecule has 0 saturated heterocycles. The van der Waals surface area contributed by atoms with E-state index in [1.54, 1.807) is 0 Å². The molecule has 12 heteroatoms. The van der Waals surface area contributed by atoms with E-state index in [2.05, 4.69) is 5.32 Å². The Kier molecular flexibility index (Phi) is 10.4. The SMILES string of the molecule is CCC(=CC1Oc2ccc(-c3ccccc3)cc2[N+]1(CCC(C)S(=O)(=O)O)CCC(C)S(=O)(=O)O)C=C1Nc2cc(-c3ccccc3)ccc2O1. The summed E-state index contributed by atoms with van der Waals surface area (Å²) in [6.07, 6.45) is 3.89. The second kappa shape index (κ2) is 14.6. The summed E-state index contributed by atoms with van der Waals surface area (Å²) >= 11 is 0. The van der Waals surface area contributed by atoms with Gasteiger partial charge in [-0.1, -0.05) is 79.7 Å². The third-order valence-corrected chi connectivity index (χ3v) is 12.3. The molecule has 2 aliphatic heterocycles. The van der Waals surface area contributed by atoms with Gasteiger partial charge < -0.3 is 14.8 Å². The van der Waals surface area contributed by atoms with Crippen LogP contribution >= 0.6 is 0 Å². The van der Waals surface area contributed by atoms with Gasteiger partial charge in [-0.05, 0) is 66.3 Å². The van der Waals surface area contributed by atoms with Gasteiger partial charge in [-0.2, -0.15) is 16.8 Å². The van der Waals surface area contributed by atoms with Crippen molar-refractivity contribution in [1.29, 1.82) is 0 Å². The number of anilines is 1. The van der Waals surface area contributed by atoms with Gasteiger partial charge in [-0.3, -0.25) is 9.11 Å². The van der Waals surface area contributed by atoms with Crippen molar-refractivity contribution in [2.45, 2.75) is 56.8 Å². The molecular weight excluding hydrogens is 689 g/mol. The van der Waals surface area contributed by atoms with Gasteiger partial charge >= 0.3 is 0 Å². The van der Waals surface area contributed by atoms with E-state index in [1.807, 2.05) is 116 Å². The minimum Gasteiger partial charge on any atom is -0.439 e. The van der Waals surface area contributed by atoms with Crippen LogP contribution in [0.2, 0.25) is 0 Å². The Morgan fingerprint density at radius 3 is 1.82 bits per heavy atom. The highest BCUT2D eigenvalue weighted by Gasteiger charge is 2.49. The molecule has 2 aliphatic rings. The predicted octanol–water partition coefficient (Wildman–Crippen LogP) is 8.06. The van der Waals surface area contributed by atoms with Crippen LogP contribution in [0.25, 0.3) is 22.3 Å². The number of allylic oxidation sites excluding steroid dienone is 2. The fourth-order valence-electron chi connectivity index (χ4n) is 6.54. The molecule has 0 fully saturated rings. The number of fused-ring (bicyclic) bond motifs is 2. The Balaban J connectivity index is 1.40. The van der Waals surface area contributed by atoms with Crippen molar-refractivity contribution in [3.05, 3.63) is 121 Å². The van der Waals surface area contributed by atoms with E-state index >= 15 is 0 Å². The maximum atomic E-state index is 12.2. The van der Waals surface area contributed by atoms with E-state index in [9.17, 15) is 25.9 Å². The Bertz CT molecular complexity index is 2130. The van der Waals surface area contributed by atoms with Gasteiger partial charge in [-0.15, -0.1) is 0 Å². The van der Waals surface area contributed by atoms with Gasteiger partial charge in [0.15, 0.2) is 23.1 Å². The number of nitrogens with zero attached hydrogens (tertiary/aromatic N) is 1. The lowest BCUT2D eigenvalue weighted by molar-refractivity contribution is 0.102. The lowest BCUT2D eigenvalue weighted by Gasteiger charge is -2.38. The molecule has 10 nitrogen and oxygen atoms in total. The monoisotopic (exact) mass is 731 g/mol. The van der Waals surface area contributed by atoms with Crippen LogP contribution in [-0.2, 0) is 20.2 Å². The minimum absolute atomic E-state index is 0.0390. The summed E-state index contributed by atoms with van der Waals surface area (Å²) in [5.41, 5.74) is 6.45. The largest absolute Gasteiger partial charge is 0.439 e. The number of ether oxygens (including phenoxy) is 2. The molecule has 6 rings (SSSR count). The Morgan fingerprint density at radius 1 is 0.765 bits per heavy atom. The minimum atomic E-state index is -4.35. The maximum absolute atomic E-state index is 12.2. The van der Waals surface area contributed by atoms with E-state index in [1.165, 1.54) is 13.8 Å². The van der Waals surface area contributed by atoms with Crippen molar-refractivity contribution >= 4 is 31.6 Å². The quantitative estimate of drug-likeness (QED) is 0.0921. The molecule has 2 heterocycles. The number of rotatable bonds is 13. The van der Waals surface area contributed by atoms with Crippen LogP contribution in [0.1, 0.15) is 40.0 Å². The lowest BCUT2D eigenvalue weighted by atomic mass is 10.0. The summed E-state index contributed by atoms with van der Waals surface area (Å²) < 4.78 is 81.4. The fraction of sp³-hybridized carbons (Fsp3) is 0.282. The Hall–Kier alpha value is -4.46. The normalized spacial score (nSPS) is 20.5. The third kappa shape index (κ3) is 8.05. The highest BCUT2D eigenvalue weighted by Crippen LogP contribution is 2.47. The van der Waals surface area contributed by atoms with Gasteiger partial charge in [-0.25, -0.2) is 4.48 Å². The second-order valence-corrected chi connectivity index (χ2v) is 16.8. The summed E-state index contributed by atoms with van der Waals surface area (Å²) in [6, 6.07) is 31.7. The van der Waals surface area contributed by atoms with Crippen molar-refractivity contribution < 1.29 is 35.4 Å². The summed E-state index contributed by atoms with van der Waals surface area (Å²) in [4.78, 5) is 0. The van der Waals surface area contributed by atoms with Gasteiger partial charge in [0, 0.05) is 31.1 Å². The standard InChI is InChI=1S/C39H42N2O8S2/c1-4-29(23-38-40-34-25-32(15-17-36(34)48-38)30-11-7-5-8-12-30)24-39-41(21-19-27(2)50(42,43)44,22-20-28(3)51(45,46)47)35-26-33(16-18-37(35)49-39)31-13-9-6-10-14-31/h5-18,23-28,39-40H,4,19-22H2,1-3H3,(H-,42,43,44,45,46,47)/p+1. The molecule has 3 unspecified atom stereocenters. The summed E-state index contributed by atoms with van der Waals surface area (Å²) in [5, 5.41) is 1.21. The van der Waals surface area contributed by atoms with E-state index in [0.29, 0.717) is 23.8 Å². The van der Waals surface area contributed by atoms with Crippen molar-refractivity contribution in [2.24, 2.45) is 0 Å². The van der Waals surface area contributed by atoms with Crippen molar-refractivity contribution in [2.75, 3.05) is 18.4 Å². The van der Waals surface area contributed by atoms with Crippen molar-refractivity contribution in [3.63, 3.8) is 0 Å². The van der Waals surface area contributed by atoms with Gasteiger partial charge in [0.1, 0.15) is 0 Å². The first kappa shape index (κ1) is 36.3. The van der Waals surface area contributed by atoms with Crippen molar-refractivity contribution in [1.82, 2.24) is 4.48 Å². The van der Waals surface area contributed by atoms with Crippen LogP contribution in [-0.4, -0.2) is 55.8 Å². The van der Waals surface area contributed by atoms with Crippen LogP contribution in [0.4, 0.5) is 11.4 Å². The van der Waals surface area contributed by atoms with E-state index in [4.69, 9.17) is 9.47 Å². The molecule has 0 aromatic heterocycles. The van der Waals surface area contributed by atoms with Gasteiger partial charge in [0.2, 0.25) is 0 Å². The third-order valence-electron chi connectivity index (χ3n) is 9.81. The van der Waals surface area contributed by atoms with Crippen LogP contribution < -0.4 is 19.3 Å². The zero-order valence-corrected chi connectivity index (χ0v) is 30.4. The zero-order valence-electron chi connectivity index (χ0n) is 28.8. The van der Waals surface area contributed by atoms with Gasteiger partial charge in [0.25, 0.3) is 26.5 Å². The molecule has 3 N–H and O–H groups in total. The lowest BCUT2D eigenvalue weighted by Crippen LogP contribution is -2.57. The highest BCUT2D eigenvalue weighted by atomic mass is 32.2. The molecule has 0 bridgehead atoms. The first-order valence-corrected chi connectivity index (χ1v) is 20.0. The summed E-state index contributed by atoms with van der Waals surface area (Å²) in [5.74, 6) is 1.80. The molecule has 268 valence electrons. The average molecular weight is 732 g/mol. The van der Waals surface area contributed by atoms with E-state index in [0.717, 1.165) is 39.2 Å². The zero-order chi connectivity index (χ0) is 36.4. The first-order valence-electron chi connectivity index (χ1n) is 17.0. The molecule has 0 spiro atoms. The smallest absolute Gasteiger partial charge is 0.267 e. The molecule has 4 aromatic rings. The molecule has 0 radical (unpaired) electrons. The molecule has 4 aromatic carbocycles. The average Bonchev–Trinajstić information content (AvgIpc) is 3.66.